The molecule has 1 fully saturated rings. The van der Waals surface area contributed by atoms with Crippen LogP contribution in [0.4, 0.5) is 23.3 Å². The lowest BCUT2D eigenvalue weighted by Crippen LogP contribution is -2.44. The molecule has 1 aliphatic rings. The number of aromatic nitrogens is 5. The van der Waals surface area contributed by atoms with Crippen LogP contribution in [-0.4, -0.2) is 50.9 Å². The molecule has 0 spiro atoms. The summed E-state index contributed by atoms with van der Waals surface area (Å²) in [5, 5.41) is 7.87. The molecule has 3 aromatic heterocycles. The van der Waals surface area contributed by atoms with Gasteiger partial charge in [-0.25, -0.2) is 9.97 Å². The Hall–Kier alpha value is -2.87. The highest BCUT2D eigenvalue weighted by atomic mass is 35.5. The van der Waals surface area contributed by atoms with Gasteiger partial charge >= 0.3 is 0 Å². The summed E-state index contributed by atoms with van der Waals surface area (Å²) in [4.78, 5) is 18.0. The second kappa shape index (κ2) is 8.24. The van der Waals surface area contributed by atoms with Crippen LogP contribution in [-0.2, 0) is 7.05 Å². The van der Waals surface area contributed by atoms with E-state index in [0.717, 1.165) is 43.3 Å². The maximum absolute atomic E-state index is 6.43. The third-order valence-electron chi connectivity index (χ3n) is 5.25. The number of pyridine rings is 1. The molecule has 1 saturated heterocycles. The molecule has 29 heavy (non-hydrogen) atoms. The van der Waals surface area contributed by atoms with Crippen LogP contribution in [0.3, 0.4) is 0 Å². The van der Waals surface area contributed by atoms with E-state index in [1.165, 1.54) is 5.56 Å². The summed E-state index contributed by atoms with van der Waals surface area (Å²) in [6.07, 6.45) is 9.19. The van der Waals surface area contributed by atoms with Crippen molar-refractivity contribution in [1.82, 2.24) is 24.7 Å². The zero-order valence-electron chi connectivity index (χ0n) is 16.9. The van der Waals surface area contributed by atoms with E-state index < -0.39 is 0 Å². The zero-order chi connectivity index (χ0) is 20.4. The summed E-state index contributed by atoms with van der Waals surface area (Å²) in [7, 11) is 3.91. The van der Waals surface area contributed by atoms with E-state index in [9.17, 15) is 0 Å². The van der Waals surface area contributed by atoms with Crippen LogP contribution in [0.25, 0.3) is 0 Å². The highest BCUT2D eigenvalue weighted by Crippen LogP contribution is 2.29. The van der Waals surface area contributed by atoms with Gasteiger partial charge in [0.05, 0.1) is 18.1 Å². The fourth-order valence-corrected chi connectivity index (χ4v) is 3.81. The number of rotatable bonds is 5. The number of nitrogens with one attached hydrogen (secondary N) is 1. The van der Waals surface area contributed by atoms with Gasteiger partial charge in [-0.15, -0.1) is 0 Å². The topological polar surface area (TPSA) is 75.0 Å². The normalized spacial score (nSPS) is 14.8. The molecule has 1 N–H and O–H groups in total. The third kappa shape index (κ3) is 4.42. The molecule has 4 rings (SSSR count). The van der Waals surface area contributed by atoms with Gasteiger partial charge in [0.15, 0.2) is 5.82 Å². The number of hydrogen-bond acceptors (Lipinski definition) is 7. The van der Waals surface area contributed by atoms with E-state index in [2.05, 4.69) is 54.2 Å². The summed E-state index contributed by atoms with van der Waals surface area (Å²) in [5.74, 6) is 2.28. The maximum Gasteiger partial charge on any atom is 0.229 e. The number of aryl methyl sites for hydroxylation is 2. The minimum atomic E-state index is 0.357. The number of piperidine rings is 1. The molecule has 0 amide bonds. The fraction of sp³-hybridized carbons (Fsp3) is 0.400. The number of hydrogen-bond donors (Lipinski definition) is 1. The van der Waals surface area contributed by atoms with Crippen LogP contribution in [0.2, 0.25) is 5.02 Å². The van der Waals surface area contributed by atoms with E-state index in [-0.39, 0.29) is 0 Å². The highest BCUT2D eigenvalue weighted by molar-refractivity contribution is 6.32. The van der Waals surface area contributed by atoms with E-state index in [1.807, 2.05) is 26.5 Å². The fourth-order valence-electron chi connectivity index (χ4n) is 3.58. The Labute approximate surface area is 175 Å². The molecule has 9 heteroatoms. The summed E-state index contributed by atoms with van der Waals surface area (Å²) in [5.41, 5.74) is 2.01. The van der Waals surface area contributed by atoms with Gasteiger partial charge in [0, 0.05) is 45.6 Å². The van der Waals surface area contributed by atoms with Gasteiger partial charge in [0.25, 0.3) is 0 Å². The third-order valence-corrected chi connectivity index (χ3v) is 5.52. The molecule has 0 aromatic carbocycles. The molecule has 0 atom stereocenters. The van der Waals surface area contributed by atoms with Crippen molar-refractivity contribution in [2.75, 3.05) is 35.3 Å². The molecule has 152 valence electrons. The number of nitrogens with zero attached hydrogens (tertiary/aromatic N) is 7. The molecule has 0 radical (unpaired) electrons. The molecule has 3 aromatic rings. The minimum Gasteiger partial charge on any atom is -0.356 e. The van der Waals surface area contributed by atoms with Gasteiger partial charge in [0.1, 0.15) is 10.8 Å². The van der Waals surface area contributed by atoms with Gasteiger partial charge in [-0.2, -0.15) is 10.1 Å². The van der Waals surface area contributed by atoms with Crippen molar-refractivity contribution in [2.24, 2.45) is 7.05 Å². The predicted octanol–water partition coefficient (Wildman–Crippen LogP) is 3.42. The smallest absolute Gasteiger partial charge is 0.229 e. The highest BCUT2D eigenvalue weighted by Gasteiger charge is 2.25. The molecule has 0 aliphatic carbocycles. The van der Waals surface area contributed by atoms with Gasteiger partial charge in [-0.3, -0.25) is 4.68 Å². The lowest BCUT2D eigenvalue weighted by Gasteiger charge is -2.38. The van der Waals surface area contributed by atoms with Crippen LogP contribution in [0.15, 0.2) is 36.9 Å². The first-order valence-electron chi connectivity index (χ1n) is 9.68. The van der Waals surface area contributed by atoms with Crippen LogP contribution in [0.5, 0.6) is 0 Å². The van der Waals surface area contributed by atoms with Gasteiger partial charge in [0.2, 0.25) is 5.95 Å². The quantitative estimate of drug-likeness (QED) is 0.688. The molecule has 0 saturated carbocycles. The lowest BCUT2D eigenvalue weighted by atomic mass is 10.0. The van der Waals surface area contributed by atoms with Gasteiger partial charge in [-0.1, -0.05) is 17.7 Å². The molecule has 4 heterocycles. The molecule has 0 unspecified atom stereocenters. The summed E-state index contributed by atoms with van der Waals surface area (Å²) in [6.45, 7) is 3.96. The van der Waals surface area contributed by atoms with E-state index in [0.29, 0.717) is 17.0 Å². The Morgan fingerprint density at radius 3 is 2.59 bits per heavy atom. The van der Waals surface area contributed by atoms with E-state index in [1.54, 1.807) is 17.1 Å². The average molecular weight is 413 g/mol. The maximum atomic E-state index is 6.43. The summed E-state index contributed by atoms with van der Waals surface area (Å²) in [6, 6.07) is 4.56. The molecule has 0 bridgehead atoms. The SMILES string of the molecule is Cc1ccc(N2CCC(N(C)c3nc(Nc4cnn(C)c4)ncc3Cl)CC2)nc1. The monoisotopic (exact) mass is 412 g/mol. The van der Waals surface area contributed by atoms with Crippen molar-refractivity contribution in [2.45, 2.75) is 25.8 Å². The van der Waals surface area contributed by atoms with Crippen molar-refractivity contribution in [1.29, 1.82) is 0 Å². The Morgan fingerprint density at radius 2 is 1.93 bits per heavy atom. The summed E-state index contributed by atoms with van der Waals surface area (Å²) < 4.78 is 1.72. The van der Waals surface area contributed by atoms with Gasteiger partial charge < -0.3 is 15.1 Å². The van der Waals surface area contributed by atoms with E-state index >= 15 is 0 Å². The molecule has 8 nitrogen and oxygen atoms in total. The molecular weight excluding hydrogens is 388 g/mol. The molecule has 1 aliphatic heterocycles. The summed E-state index contributed by atoms with van der Waals surface area (Å²) >= 11 is 6.43. The first-order valence-corrected chi connectivity index (χ1v) is 10.1. The Balaban J connectivity index is 1.43. The number of halogens is 1. The van der Waals surface area contributed by atoms with Crippen LogP contribution >= 0.6 is 11.6 Å². The van der Waals surface area contributed by atoms with Crippen LogP contribution < -0.4 is 15.1 Å². The van der Waals surface area contributed by atoms with Crippen molar-refractivity contribution in [3.8, 4) is 0 Å². The first kappa shape index (κ1) is 19.4. The van der Waals surface area contributed by atoms with Gasteiger partial charge in [-0.05, 0) is 31.4 Å². The van der Waals surface area contributed by atoms with Crippen molar-refractivity contribution >= 4 is 34.9 Å². The second-order valence-corrected chi connectivity index (χ2v) is 7.82. The van der Waals surface area contributed by atoms with E-state index in [4.69, 9.17) is 11.6 Å². The van der Waals surface area contributed by atoms with Crippen molar-refractivity contribution in [3.63, 3.8) is 0 Å². The lowest BCUT2D eigenvalue weighted by molar-refractivity contribution is 0.478. The Kier molecular flexibility index (Phi) is 5.53. The largest absolute Gasteiger partial charge is 0.356 e. The molecular formula is C20H25ClN8. The number of anilines is 4. The van der Waals surface area contributed by atoms with Crippen molar-refractivity contribution in [3.05, 3.63) is 47.5 Å². The van der Waals surface area contributed by atoms with Crippen LogP contribution in [0, 0.1) is 6.92 Å². The van der Waals surface area contributed by atoms with Crippen LogP contribution in [0.1, 0.15) is 18.4 Å². The first-order chi connectivity index (χ1) is 14.0. The van der Waals surface area contributed by atoms with Crippen molar-refractivity contribution < 1.29 is 0 Å². The Morgan fingerprint density at radius 1 is 1.14 bits per heavy atom. The minimum absolute atomic E-state index is 0.357. The average Bonchev–Trinajstić information content (AvgIpc) is 3.14. The zero-order valence-corrected chi connectivity index (χ0v) is 17.6. The second-order valence-electron chi connectivity index (χ2n) is 7.42. The predicted molar refractivity (Wildman–Crippen MR) is 116 cm³/mol. The standard InChI is InChI=1S/C20H25ClN8/c1-14-4-5-18(22-10-14)29-8-6-16(7-9-29)28(3)19-17(21)12-23-20(26-19)25-15-11-24-27(2)13-15/h4-5,10-13,16H,6-9H2,1-3H3,(H,23,25,26). The Bertz CT molecular complexity index is 963.